The van der Waals surface area contributed by atoms with E-state index >= 15 is 0 Å². The number of methoxy groups -OCH3 is 1. The zero-order chi connectivity index (χ0) is 29.6. The third-order valence-electron chi connectivity index (χ3n) is 7.98. The molecule has 1 amide bonds. The number of para-hydroxylation sites is 1. The van der Waals surface area contributed by atoms with E-state index in [0.717, 1.165) is 59.6 Å². The standard InChI is InChI=1S/C34H35N5O4/c1-41-29-20-26(16-17-28(29)43-27-10-6-3-7-11-27)30-31-32(35)36-18-19-39(31)33(38-30)25-14-12-23(13-15-25)21-37-34(40)42-22-24-8-4-2-5-9-24/h2-11,16-20,23,25H,12-15,21-22H2,1H3,(H2,35,36)(H,37,40). The van der Waals surface area contributed by atoms with E-state index in [9.17, 15) is 4.79 Å². The van der Waals surface area contributed by atoms with E-state index in [1.54, 1.807) is 13.3 Å². The largest absolute Gasteiger partial charge is 0.493 e. The third kappa shape index (κ3) is 6.40. The number of aromatic nitrogens is 3. The number of carbonyl (C=O) groups is 1. The third-order valence-corrected chi connectivity index (χ3v) is 7.98. The molecule has 0 saturated heterocycles. The minimum atomic E-state index is -0.381. The zero-order valence-electron chi connectivity index (χ0n) is 24.1. The van der Waals surface area contributed by atoms with Gasteiger partial charge in [0.05, 0.1) is 7.11 Å². The number of amides is 1. The van der Waals surface area contributed by atoms with E-state index in [4.69, 9.17) is 24.9 Å². The molecule has 3 aromatic carbocycles. The monoisotopic (exact) mass is 577 g/mol. The number of imidazole rings is 1. The highest BCUT2D eigenvalue weighted by Crippen LogP contribution is 2.40. The fourth-order valence-electron chi connectivity index (χ4n) is 5.72. The molecule has 6 rings (SSSR count). The molecule has 2 heterocycles. The number of nitrogens with two attached hydrogens (primary N) is 1. The molecule has 9 heteroatoms. The van der Waals surface area contributed by atoms with Gasteiger partial charge in [0, 0.05) is 30.4 Å². The number of alkyl carbamates (subject to hydrolysis) is 1. The van der Waals surface area contributed by atoms with Gasteiger partial charge in [-0.3, -0.25) is 4.40 Å². The van der Waals surface area contributed by atoms with E-state index in [1.807, 2.05) is 85.1 Å². The molecule has 1 aliphatic carbocycles. The minimum absolute atomic E-state index is 0.256. The number of hydrogen-bond acceptors (Lipinski definition) is 7. The Morgan fingerprint density at radius 3 is 2.47 bits per heavy atom. The summed E-state index contributed by atoms with van der Waals surface area (Å²) >= 11 is 0. The van der Waals surface area contributed by atoms with Crippen LogP contribution >= 0.6 is 0 Å². The first-order chi connectivity index (χ1) is 21.1. The van der Waals surface area contributed by atoms with Gasteiger partial charge < -0.3 is 25.3 Å². The van der Waals surface area contributed by atoms with Crippen LogP contribution in [0.5, 0.6) is 17.2 Å². The quantitative estimate of drug-likeness (QED) is 0.194. The van der Waals surface area contributed by atoms with Crippen LogP contribution in [-0.4, -0.2) is 34.1 Å². The number of nitrogen functional groups attached to an aromatic ring is 1. The van der Waals surface area contributed by atoms with Crippen molar-refractivity contribution in [2.24, 2.45) is 5.92 Å². The van der Waals surface area contributed by atoms with Gasteiger partial charge in [0.2, 0.25) is 0 Å². The Balaban J connectivity index is 1.14. The average Bonchev–Trinajstić information content (AvgIpc) is 3.45. The van der Waals surface area contributed by atoms with Gasteiger partial charge >= 0.3 is 6.09 Å². The van der Waals surface area contributed by atoms with Crippen LogP contribution in [-0.2, 0) is 11.3 Å². The van der Waals surface area contributed by atoms with Crippen molar-refractivity contribution in [1.29, 1.82) is 0 Å². The Labute approximate surface area is 250 Å². The number of nitrogens with one attached hydrogen (secondary N) is 1. The second-order valence-electron chi connectivity index (χ2n) is 10.8. The molecule has 0 unspecified atom stereocenters. The fraction of sp³-hybridized carbons (Fsp3) is 0.265. The van der Waals surface area contributed by atoms with Crippen LogP contribution in [0.1, 0.15) is 43.0 Å². The molecule has 0 radical (unpaired) electrons. The second kappa shape index (κ2) is 12.9. The van der Waals surface area contributed by atoms with Gasteiger partial charge in [-0.1, -0.05) is 48.5 Å². The maximum absolute atomic E-state index is 12.2. The number of fused-ring (bicyclic) bond motifs is 1. The lowest BCUT2D eigenvalue weighted by Gasteiger charge is -2.27. The van der Waals surface area contributed by atoms with Crippen molar-refractivity contribution in [3.8, 4) is 28.5 Å². The van der Waals surface area contributed by atoms with E-state index in [0.29, 0.717) is 29.8 Å². The molecule has 1 fully saturated rings. The van der Waals surface area contributed by atoms with Gasteiger partial charge in [-0.05, 0) is 67.5 Å². The molecule has 3 N–H and O–H groups in total. The molecule has 220 valence electrons. The summed E-state index contributed by atoms with van der Waals surface area (Å²) in [7, 11) is 1.62. The summed E-state index contributed by atoms with van der Waals surface area (Å²) in [6.45, 7) is 0.864. The Bertz CT molecular complexity index is 1680. The van der Waals surface area contributed by atoms with E-state index in [-0.39, 0.29) is 18.6 Å². The molecule has 43 heavy (non-hydrogen) atoms. The van der Waals surface area contributed by atoms with E-state index < -0.39 is 0 Å². The molecular formula is C34H35N5O4. The lowest BCUT2D eigenvalue weighted by molar-refractivity contribution is 0.136. The summed E-state index contributed by atoms with van der Waals surface area (Å²) in [5.74, 6) is 3.98. The Hall–Kier alpha value is -5.05. The summed E-state index contributed by atoms with van der Waals surface area (Å²) in [5, 5.41) is 2.94. The SMILES string of the molecule is COc1cc(-c2nc(C3CCC(CNC(=O)OCc4ccccc4)CC3)n3ccnc(N)c23)ccc1Oc1ccccc1. The Morgan fingerprint density at radius 2 is 1.72 bits per heavy atom. The number of anilines is 1. The highest BCUT2D eigenvalue weighted by atomic mass is 16.5. The highest BCUT2D eigenvalue weighted by Gasteiger charge is 2.28. The van der Waals surface area contributed by atoms with Gasteiger partial charge in [-0.25, -0.2) is 14.8 Å². The first-order valence-corrected chi connectivity index (χ1v) is 14.6. The lowest BCUT2D eigenvalue weighted by Crippen LogP contribution is -2.31. The first kappa shape index (κ1) is 28.1. The Kier molecular flexibility index (Phi) is 8.40. The molecule has 1 aliphatic rings. The van der Waals surface area contributed by atoms with Crippen molar-refractivity contribution in [2.45, 2.75) is 38.2 Å². The molecular weight excluding hydrogens is 542 g/mol. The van der Waals surface area contributed by atoms with Gasteiger partial charge in [0.1, 0.15) is 35.2 Å². The molecule has 2 aromatic heterocycles. The smallest absolute Gasteiger partial charge is 0.407 e. The van der Waals surface area contributed by atoms with Crippen LogP contribution in [0.25, 0.3) is 16.8 Å². The molecule has 0 spiro atoms. The van der Waals surface area contributed by atoms with Crippen LogP contribution in [0.3, 0.4) is 0 Å². The maximum Gasteiger partial charge on any atom is 0.407 e. The zero-order valence-corrected chi connectivity index (χ0v) is 24.1. The molecule has 5 aromatic rings. The predicted octanol–water partition coefficient (Wildman–Crippen LogP) is 6.98. The average molecular weight is 578 g/mol. The van der Waals surface area contributed by atoms with Crippen molar-refractivity contribution in [3.63, 3.8) is 0 Å². The fourth-order valence-corrected chi connectivity index (χ4v) is 5.72. The van der Waals surface area contributed by atoms with Crippen molar-refractivity contribution < 1.29 is 19.0 Å². The molecule has 9 nitrogen and oxygen atoms in total. The van der Waals surface area contributed by atoms with Crippen molar-refractivity contribution in [2.75, 3.05) is 19.4 Å². The number of nitrogens with zero attached hydrogens (tertiary/aromatic N) is 3. The van der Waals surface area contributed by atoms with Crippen LogP contribution in [0.15, 0.2) is 91.3 Å². The number of benzene rings is 3. The molecule has 1 saturated carbocycles. The van der Waals surface area contributed by atoms with Gasteiger partial charge in [0.15, 0.2) is 11.5 Å². The molecule has 0 bridgehead atoms. The van der Waals surface area contributed by atoms with Gasteiger partial charge in [0.25, 0.3) is 0 Å². The summed E-state index contributed by atoms with van der Waals surface area (Å²) in [6, 6.07) is 25.1. The van der Waals surface area contributed by atoms with Gasteiger partial charge in [-0.2, -0.15) is 0 Å². The topological polar surface area (TPSA) is 113 Å². The first-order valence-electron chi connectivity index (χ1n) is 14.6. The molecule has 0 atom stereocenters. The minimum Gasteiger partial charge on any atom is -0.493 e. The summed E-state index contributed by atoms with van der Waals surface area (Å²) < 4.78 is 19.2. The lowest BCUT2D eigenvalue weighted by atomic mass is 9.81. The van der Waals surface area contributed by atoms with Crippen molar-refractivity contribution in [1.82, 2.24) is 19.7 Å². The highest BCUT2D eigenvalue weighted by molar-refractivity contribution is 5.86. The van der Waals surface area contributed by atoms with Gasteiger partial charge in [-0.15, -0.1) is 0 Å². The van der Waals surface area contributed by atoms with E-state index in [2.05, 4.69) is 14.7 Å². The Morgan fingerprint density at radius 1 is 0.977 bits per heavy atom. The summed E-state index contributed by atoms with van der Waals surface area (Å²) in [6.07, 6.45) is 7.14. The molecule has 0 aliphatic heterocycles. The van der Waals surface area contributed by atoms with Crippen LogP contribution < -0.4 is 20.5 Å². The van der Waals surface area contributed by atoms with Crippen LogP contribution in [0.2, 0.25) is 0 Å². The normalized spacial score (nSPS) is 16.5. The number of hydrogen-bond donors (Lipinski definition) is 2. The number of ether oxygens (including phenoxy) is 3. The number of rotatable bonds is 9. The number of carbonyl (C=O) groups excluding carboxylic acids is 1. The van der Waals surface area contributed by atoms with Crippen LogP contribution in [0.4, 0.5) is 10.6 Å². The summed E-state index contributed by atoms with van der Waals surface area (Å²) in [4.78, 5) is 21.7. The maximum atomic E-state index is 12.2. The van der Waals surface area contributed by atoms with E-state index in [1.165, 1.54) is 0 Å². The summed E-state index contributed by atoms with van der Waals surface area (Å²) in [5.41, 5.74) is 9.79. The predicted molar refractivity (Wildman–Crippen MR) is 165 cm³/mol. The second-order valence-corrected chi connectivity index (χ2v) is 10.8. The van der Waals surface area contributed by atoms with Crippen molar-refractivity contribution >= 4 is 17.4 Å². The van der Waals surface area contributed by atoms with Crippen LogP contribution in [0, 0.1) is 5.92 Å². The van der Waals surface area contributed by atoms with Crippen molar-refractivity contribution in [3.05, 3.63) is 103 Å².